The number of thioether (sulfide) groups is 1. The number of anilines is 1. The van der Waals surface area contributed by atoms with Crippen molar-refractivity contribution in [2.45, 2.75) is 16.7 Å². The quantitative estimate of drug-likeness (QED) is 0.651. The van der Waals surface area contributed by atoms with Gasteiger partial charge in [0.2, 0.25) is 0 Å². The molecule has 2 aromatic carbocycles. The highest BCUT2D eigenvalue weighted by atomic mass is 32.2. The fourth-order valence-electron chi connectivity index (χ4n) is 2.54. The molecule has 0 saturated carbocycles. The Morgan fingerprint density at radius 3 is 2.81 bits per heavy atom. The molecule has 1 nitrogen and oxygen atoms in total. The summed E-state index contributed by atoms with van der Waals surface area (Å²) < 4.78 is 1.36. The van der Waals surface area contributed by atoms with Crippen LogP contribution >= 0.6 is 23.1 Å². The minimum atomic E-state index is 0.452. The molecule has 1 unspecified atom stereocenters. The van der Waals surface area contributed by atoms with Crippen LogP contribution in [-0.2, 0) is 0 Å². The zero-order valence-corrected chi connectivity index (χ0v) is 13.1. The molecular weight excluding hydrogens is 294 g/mol. The van der Waals surface area contributed by atoms with Crippen LogP contribution in [0.2, 0.25) is 0 Å². The van der Waals surface area contributed by atoms with Crippen molar-refractivity contribution in [1.29, 1.82) is 0 Å². The normalized spacial score (nSPS) is 17.2. The Kier molecular flexibility index (Phi) is 3.45. The predicted octanol–water partition coefficient (Wildman–Crippen LogP) is 5.85. The Hall–Kier alpha value is -1.71. The van der Waals surface area contributed by atoms with E-state index in [1.165, 1.54) is 25.5 Å². The first-order chi connectivity index (χ1) is 10.4. The average Bonchev–Trinajstić information content (AvgIpc) is 3.09. The Bertz CT molecular complexity index is 746. The zero-order valence-electron chi connectivity index (χ0n) is 11.5. The molecule has 2 heterocycles. The SMILES string of the molecule is C(=Cc1cc2ccccc2s1)CC1Nc2ccccc2S1. The molecule has 1 N–H and O–H groups in total. The van der Waals surface area contributed by atoms with Crippen molar-refractivity contribution in [2.75, 3.05) is 5.32 Å². The standard InChI is InChI=1S/C18H15NS2/c1-3-9-16-13(6-1)12-14(20-16)7-5-11-18-19-15-8-2-4-10-17(15)21-18/h1-10,12,18-19H,11H2. The van der Waals surface area contributed by atoms with Crippen molar-refractivity contribution in [3.63, 3.8) is 0 Å². The highest BCUT2D eigenvalue weighted by molar-refractivity contribution is 8.00. The van der Waals surface area contributed by atoms with Crippen molar-refractivity contribution < 1.29 is 0 Å². The van der Waals surface area contributed by atoms with Crippen LogP contribution in [0.4, 0.5) is 5.69 Å². The van der Waals surface area contributed by atoms with E-state index in [1.54, 1.807) is 0 Å². The lowest BCUT2D eigenvalue weighted by Crippen LogP contribution is -2.07. The van der Waals surface area contributed by atoms with Gasteiger partial charge in [0.05, 0.1) is 5.37 Å². The maximum absolute atomic E-state index is 3.56. The Balaban J connectivity index is 1.43. The first-order valence-electron chi connectivity index (χ1n) is 7.06. The van der Waals surface area contributed by atoms with Crippen LogP contribution in [-0.4, -0.2) is 5.37 Å². The summed E-state index contributed by atoms with van der Waals surface area (Å²) in [4.78, 5) is 2.69. The molecule has 1 atom stereocenters. The van der Waals surface area contributed by atoms with Crippen LogP contribution in [0.3, 0.4) is 0 Å². The first-order valence-corrected chi connectivity index (χ1v) is 8.75. The van der Waals surface area contributed by atoms with Crippen LogP contribution in [0.5, 0.6) is 0 Å². The van der Waals surface area contributed by atoms with Crippen molar-refractivity contribution in [1.82, 2.24) is 0 Å². The Morgan fingerprint density at radius 2 is 1.90 bits per heavy atom. The number of para-hydroxylation sites is 1. The molecule has 0 spiro atoms. The van der Waals surface area contributed by atoms with Crippen molar-refractivity contribution in [2.24, 2.45) is 0 Å². The minimum Gasteiger partial charge on any atom is -0.372 e. The van der Waals surface area contributed by atoms with Crippen LogP contribution in [0.1, 0.15) is 11.3 Å². The van der Waals surface area contributed by atoms with E-state index in [0.29, 0.717) is 5.37 Å². The molecule has 104 valence electrons. The van der Waals surface area contributed by atoms with Gasteiger partial charge in [-0.25, -0.2) is 0 Å². The van der Waals surface area contributed by atoms with Crippen molar-refractivity contribution in [3.05, 3.63) is 65.6 Å². The van der Waals surface area contributed by atoms with E-state index < -0.39 is 0 Å². The molecular formula is C18H15NS2. The van der Waals surface area contributed by atoms with E-state index in [-0.39, 0.29) is 0 Å². The lowest BCUT2D eigenvalue weighted by atomic mass is 10.2. The molecule has 3 aromatic rings. The highest BCUT2D eigenvalue weighted by Crippen LogP contribution is 2.39. The van der Waals surface area contributed by atoms with Gasteiger partial charge in [0, 0.05) is 20.2 Å². The molecule has 0 saturated heterocycles. The van der Waals surface area contributed by atoms with Crippen molar-refractivity contribution >= 4 is 44.9 Å². The van der Waals surface area contributed by atoms with Crippen LogP contribution in [0.15, 0.2) is 65.6 Å². The molecule has 1 aliphatic rings. The molecule has 4 rings (SSSR count). The van der Waals surface area contributed by atoms with Gasteiger partial charge in [-0.05, 0) is 42.1 Å². The second-order valence-corrected chi connectivity index (χ2v) is 7.43. The minimum absolute atomic E-state index is 0.452. The number of hydrogen-bond donors (Lipinski definition) is 1. The molecule has 1 aliphatic heterocycles. The van der Waals surface area contributed by atoms with Gasteiger partial charge in [0.25, 0.3) is 0 Å². The number of rotatable bonds is 3. The number of hydrogen-bond acceptors (Lipinski definition) is 3. The van der Waals surface area contributed by atoms with Gasteiger partial charge in [-0.2, -0.15) is 0 Å². The molecule has 0 fully saturated rings. The topological polar surface area (TPSA) is 12.0 Å². The van der Waals surface area contributed by atoms with Gasteiger partial charge in [-0.15, -0.1) is 11.3 Å². The number of fused-ring (bicyclic) bond motifs is 2. The summed E-state index contributed by atoms with van der Waals surface area (Å²) in [7, 11) is 0. The van der Waals surface area contributed by atoms with E-state index in [9.17, 15) is 0 Å². The monoisotopic (exact) mass is 309 g/mol. The van der Waals surface area contributed by atoms with Gasteiger partial charge in [-0.1, -0.05) is 48.2 Å². The molecule has 0 aliphatic carbocycles. The number of thiophene rings is 1. The van der Waals surface area contributed by atoms with Gasteiger partial charge in [-0.3, -0.25) is 0 Å². The van der Waals surface area contributed by atoms with Crippen molar-refractivity contribution in [3.8, 4) is 0 Å². The average molecular weight is 309 g/mol. The molecule has 21 heavy (non-hydrogen) atoms. The van der Waals surface area contributed by atoms with Crippen LogP contribution in [0, 0.1) is 0 Å². The zero-order chi connectivity index (χ0) is 14.1. The maximum atomic E-state index is 3.56. The lowest BCUT2D eigenvalue weighted by Gasteiger charge is -2.06. The second kappa shape index (κ2) is 5.58. The molecule has 0 bridgehead atoms. The van der Waals surface area contributed by atoms with E-state index in [4.69, 9.17) is 0 Å². The lowest BCUT2D eigenvalue weighted by molar-refractivity contribution is 1.01. The summed E-state index contributed by atoms with van der Waals surface area (Å²) in [5.74, 6) is 0. The second-order valence-electron chi connectivity index (χ2n) is 5.07. The summed E-state index contributed by atoms with van der Waals surface area (Å²) in [5.41, 5.74) is 1.27. The summed E-state index contributed by atoms with van der Waals surface area (Å²) in [6, 6.07) is 19.3. The van der Waals surface area contributed by atoms with Gasteiger partial charge < -0.3 is 5.32 Å². The number of nitrogens with one attached hydrogen (secondary N) is 1. The Labute approximate surface area is 132 Å². The highest BCUT2D eigenvalue weighted by Gasteiger charge is 2.18. The van der Waals surface area contributed by atoms with E-state index >= 15 is 0 Å². The fraction of sp³-hybridized carbons (Fsp3) is 0.111. The third kappa shape index (κ3) is 2.71. The summed E-state index contributed by atoms with van der Waals surface area (Å²) >= 11 is 3.77. The molecule has 0 radical (unpaired) electrons. The summed E-state index contributed by atoms with van der Waals surface area (Å²) in [5, 5.41) is 5.35. The van der Waals surface area contributed by atoms with E-state index in [0.717, 1.165) is 6.42 Å². The fourth-order valence-corrected chi connectivity index (χ4v) is 4.65. The molecule has 3 heteroatoms. The Morgan fingerprint density at radius 1 is 1.05 bits per heavy atom. The van der Waals surface area contributed by atoms with Gasteiger partial charge >= 0.3 is 0 Å². The smallest absolute Gasteiger partial charge is 0.0804 e. The third-order valence-corrected chi connectivity index (χ3v) is 5.84. The van der Waals surface area contributed by atoms with E-state index in [2.05, 4.69) is 72.1 Å². The van der Waals surface area contributed by atoms with Gasteiger partial charge in [0.1, 0.15) is 0 Å². The third-order valence-electron chi connectivity index (χ3n) is 3.55. The molecule has 1 aromatic heterocycles. The van der Waals surface area contributed by atoms with Crippen LogP contribution < -0.4 is 5.32 Å². The molecule has 0 amide bonds. The summed E-state index contributed by atoms with van der Waals surface area (Å²) in [6.45, 7) is 0. The van der Waals surface area contributed by atoms with E-state index in [1.807, 2.05) is 23.1 Å². The predicted molar refractivity (Wildman–Crippen MR) is 95.2 cm³/mol. The number of benzene rings is 2. The van der Waals surface area contributed by atoms with Gasteiger partial charge in [0.15, 0.2) is 0 Å². The van der Waals surface area contributed by atoms with Crippen LogP contribution in [0.25, 0.3) is 16.2 Å². The summed E-state index contributed by atoms with van der Waals surface area (Å²) in [6.07, 6.45) is 5.56. The largest absolute Gasteiger partial charge is 0.372 e. The maximum Gasteiger partial charge on any atom is 0.0804 e. The first kappa shape index (κ1) is 13.0.